The lowest BCUT2D eigenvalue weighted by atomic mass is 10.2. The third-order valence-corrected chi connectivity index (χ3v) is 10.2. The van der Waals surface area contributed by atoms with Crippen molar-refractivity contribution in [1.29, 1.82) is 0 Å². The molecule has 0 aromatic heterocycles. The Morgan fingerprint density at radius 3 is 1.77 bits per heavy atom. The van der Waals surface area contributed by atoms with Gasteiger partial charge in [0, 0.05) is 13.0 Å². The number of hydrogen-bond acceptors (Lipinski definition) is 5. The van der Waals surface area contributed by atoms with Crippen molar-refractivity contribution >= 4 is 24.7 Å². The molecule has 168 valence electrons. The van der Waals surface area contributed by atoms with Crippen LogP contribution in [0.1, 0.15) is 41.0 Å². The first kappa shape index (κ1) is 24.7. The van der Waals surface area contributed by atoms with E-state index in [1.54, 1.807) is 13.8 Å². The van der Waals surface area contributed by atoms with Gasteiger partial charge in [0.2, 0.25) is 0 Å². The Kier molecular flexibility index (Phi) is 8.89. The van der Waals surface area contributed by atoms with Gasteiger partial charge in [-0.2, -0.15) is 0 Å². The summed E-state index contributed by atoms with van der Waals surface area (Å²) in [5, 5.41) is 12.4. The average Bonchev–Trinajstić information content (AvgIpc) is 2.74. The summed E-state index contributed by atoms with van der Waals surface area (Å²) in [5.74, 6) is -0.980. The molecule has 0 amide bonds. The monoisotopic (exact) mass is 442 g/mol. The highest BCUT2D eigenvalue weighted by atomic mass is 28.4. The number of aliphatic hydroxyl groups excluding tert-OH is 1. The van der Waals surface area contributed by atoms with Crippen LogP contribution in [0.5, 0.6) is 0 Å². The van der Waals surface area contributed by atoms with E-state index < -0.39 is 20.2 Å². The van der Waals surface area contributed by atoms with Crippen LogP contribution in [-0.2, 0) is 18.7 Å². The molecule has 2 aromatic carbocycles. The maximum Gasteiger partial charge on any atom is 0.341 e. The van der Waals surface area contributed by atoms with Gasteiger partial charge in [-0.3, -0.25) is 0 Å². The topological polar surface area (TPSA) is 65.0 Å². The van der Waals surface area contributed by atoms with E-state index in [0.717, 1.165) is 10.4 Å². The minimum Gasteiger partial charge on any atom is -0.481 e. The number of esters is 1. The smallest absolute Gasteiger partial charge is 0.341 e. The molecule has 6 heteroatoms. The van der Waals surface area contributed by atoms with Gasteiger partial charge in [-0.05, 0) is 29.3 Å². The van der Waals surface area contributed by atoms with Gasteiger partial charge < -0.3 is 19.0 Å². The van der Waals surface area contributed by atoms with Crippen LogP contribution in [0.2, 0.25) is 5.04 Å². The molecule has 31 heavy (non-hydrogen) atoms. The van der Waals surface area contributed by atoms with Crippen molar-refractivity contribution in [3.8, 4) is 0 Å². The largest absolute Gasteiger partial charge is 0.481 e. The zero-order chi connectivity index (χ0) is 22.9. The summed E-state index contributed by atoms with van der Waals surface area (Å²) in [4.78, 5) is 12.4. The van der Waals surface area contributed by atoms with Gasteiger partial charge >= 0.3 is 5.97 Å². The van der Waals surface area contributed by atoms with Crippen molar-refractivity contribution < 1.29 is 23.8 Å². The summed E-state index contributed by atoms with van der Waals surface area (Å²) in [6, 6.07) is 20.6. The molecule has 0 saturated carbocycles. The minimum absolute atomic E-state index is 0.0987. The van der Waals surface area contributed by atoms with Crippen LogP contribution in [0, 0.1) is 0 Å². The van der Waals surface area contributed by atoms with Crippen molar-refractivity contribution in [2.75, 3.05) is 19.8 Å². The van der Waals surface area contributed by atoms with E-state index in [0.29, 0.717) is 0 Å². The Balaban J connectivity index is 2.45. The number of aliphatic hydroxyl groups is 1. The third kappa shape index (κ3) is 5.77. The van der Waals surface area contributed by atoms with Crippen molar-refractivity contribution in [3.05, 3.63) is 72.2 Å². The van der Waals surface area contributed by atoms with Crippen LogP contribution in [0.4, 0.5) is 0 Å². The second kappa shape index (κ2) is 11.2. The lowest BCUT2D eigenvalue weighted by Gasteiger charge is -2.43. The van der Waals surface area contributed by atoms with Crippen LogP contribution in [0.25, 0.3) is 0 Å². The molecule has 0 radical (unpaired) electrons. The number of benzene rings is 2. The van der Waals surface area contributed by atoms with Crippen molar-refractivity contribution in [3.63, 3.8) is 0 Å². The van der Waals surface area contributed by atoms with Crippen molar-refractivity contribution in [2.45, 2.75) is 46.1 Å². The molecule has 0 atom stereocenters. The molecular weight excluding hydrogens is 408 g/mol. The van der Waals surface area contributed by atoms with E-state index in [1.165, 1.54) is 0 Å². The molecule has 0 bridgehead atoms. The molecule has 0 fully saturated rings. The van der Waals surface area contributed by atoms with E-state index in [4.69, 9.17) is 13.9 Å². The summed E-state index contributed by atoms with van der Waals surface area (Å²) in [6.07, 6.45) is 0.190. The van der Waals surface area contributed by atoms with Crippen LogP contribution >= 0.6 is 0 Å². The van der Waals surface area contributed by atoms with Crippen LogP contribution in [0.3, 0.4) is 0 Å². The first-order valence-corrected chi connectivity index (χ1v) is 12.7. The molecule has 1 N–H and O–H groups in total. The fourth-order valence-electron chi connectivity index (χ4n) is 3.81. The minimum atomic E-state index is -2.72. The first-order valence-electron chi connectivity index (χ1n) is 10.7. The SMILES string of the molecule is CCOC(=O)/C(CCO[Si](c1ccccc1)(c1ccccc1)C(C)(C)C)=C(\O)OCC. The van der Waals surface area contributed by atoms with Gasteiger partial charge in [0.15, 0.2) is 0 Å². The molecule has 0 heterocycles. The molecule has 0 aliphatic heterocycles. The molecule has 5 nitrogen and oxygen atoms in total. The Hall–Kier alpha value is -2.57. The zero-order valence-corrected chi connectivity index (χ0v) is 20.2. The number of ether oxygens (including phenoxy) is 2. The van der Waals surface area contributed by atoms with Crippen molar-refractivity contribution in [1.82, 2.24) is 0 Å². The van der Waals surface area contributed by atoms with Gasteiger partial charge in [0.25, 0.3) is 14.3 Å². The van der Waals surface area contributed by atoms with E-state index >= 15 is 0 Å². The Morgan fingerprint density at radius 2 is 1.35 bits per heavy atom. The predicted molar refractivity (Wildman–Crippen MR) is 126 cm³/mol. The normalized spacial score (nSPS) is 12.8. The third-order valence-electron chi connectivity index (χ3n) is 5.15. The highest BCUT2D eigenvalue weighted by Crippen LogP contribution is 2.37. The summed E-state index contributed by atoms with van der Waals surface area (Å²) in [5.41, 5.74) is 0.0987. The molecular formula is C25H34O5Si. The molecule has 2 aromatic rings. The quantitative estimate of drug-likeness (QED) is 0.257. The zero-order valence-electron chi connectivity index (χ0n) is 19.2. The molecule has 0 spiro atoms. The van der Waals surface area contributed by atoms with Crippen LogP contribution in [-0.4, -0.2) is 39.2 Å². The number of rotatable bonds is 10. The number of carbonyl (C=O) groups is 1. The molecule has 0 saturated heterocycles. The van der Waals surface area contributed by atoms with Gasteiger partial charge in [-0.1, -0.05) is 81.4 Å². The second-order valence-electron chi connectivity index (χ2n) is 8.20. The Morgan fingerprint density at radius 1 is 0.871 bits per heavy atom. The standard InChI is InChI=1S/C25H34O5Si/c1-6-28-23(26)22(24(27)29-7-2)18-19-30-31(25(3,4)5,20-14-10-8-11-15-20)21-16-12-9-13-17-21/h8-17,26H,6-7,18-19H2,1-5H3/b23-22+. The summed E-state index contributed by atoms with van der Waals surface area (Å²) in [7, 11) is -2.72. The maximum absolute atomic E-state index is 12.4. The Bertz CT molecular complexity index is 817. The molecule has 0 aliphatic rings. The number of carbonyl (C=O) groups excluding carboxylic acids is 1. The fraction of sp³-hybridized carbons (Fsp3) is 0.400. The molecule has 2 rings (SSSR count). The van der Waals surface area contributed by atoms with E-state index in [1.807, 2.05) is 36.4 Å². The van der Waals surface area contributed by atoms with Gasteiger partial charge in [0.1, 0.15) is 5.57 Å². The van der Waals surface area contributed by atoms with Crippen LogP contribution < -0.4 is 10.4 Å². The summed E-state index contributed by atoms with van der Waals surface area (Å²) in [6.45, 7) is 10.8. The van der Waals surface area contributed by atoms with E-state index in [-0.39, 0.29) is 36.9 Å². The second-order valence-corrected chi connectivity index (χ2v) is 12.5. The lowest BCUT2D eigenvalue weighted by Crippen LogP contribution is -2.66. The summed E-state index contributed by atoms with van der Waals surface area (Å²) < 4.78 is 17.1. The first-order chi connectivity index (χ1) is 14.8. The summed E-state index contributed by atoms with van der Waals surface area (Å²) >= 11 is 0. The van der Waals surface area contributed by atoms with E-state index in [9.17, 15) is 9.90 Å². The Labute approximate surface area is 186 Å². The maximum atomic E-state index is 12.4. The van der Waals surface area contributed by atoms with Crippen molar-refractivity contribution in [2.24, 2.45) is 0 Å². The lowest BCUT2D eigenvalue weighted by molar-refractivity contribution is -0.139. The fourth-order valence-corrected chi connectivity index (χ4v) is 8.37. The van der Waals surface area contributed by atoms with Crippen LogP contribution in [0.15, 0.2) is 72.2 Å². The average molecular weight is 443 g/mol. The van der Waals surface area contributed by atoms with Gasteiger partial charge in [0.05, 0.1) is 13.2 Å². The highest BCUT2D eigenvalue weighted by Gasteiger charge is 2.50. The predicted octanol–water partition coefficient (Wildman–Crippen LogP) is 4.32. The van der Waals surface area contributed by atoms with Gasteiger partial charge in [-0.15, -0.1) is 0 Å². The van der Waals surface area contributed by atoms with Gasteiger partial charge in [-0.25, -0.2) is 4.79 Å². The van der Waals surface area contributed by atoms with E-state index in [2.05, 4.69) is 45.0 Å². The number of hydrogen-bond donors (Lipinski definition) is 1. The molecule has 0 unspecified atom stereocenters. The highest BCUT2D eigenvalue weighted by molar-refractivity contribution is 6.99. The molecule has 0 aliphatic carbocycles.